The van der Waals surface area contributed by atoms with E-state index < -0.39 is 23.4 Å². The number of hydrogen-bond donors (Lipinski definition) is 0. The molecular formula is C25H33F3O3. The molecule has 0 spiro atoms. The van der Waals surface area contributed by atoms with Crippen molar-refractivity contribution in [3.8, 4) is 11.1 Å². The summed E-state index contributed by atoms with van der Waals surface area (Å²) in [6.45, 7) is 2.19. The molecule has 0 fully saturated rings. The molecule has 3 nitrogen and oxygen atoms in total. The molecule has 0 aliphatic carbocycles. The van der Waals surface area contributed by atoms with E-state index in [4.69, 9.17) is 14.2 Å². The fourth-order valence-corrected chi connectivity index (χ4v) is 4.05. The Balaban J connectivity index is 2.27. The maximum Gasteiger partial charge on any atom is 0.289 e. The lowest BCUT2D eigenvalue weighted by molar-refractivity contribution is -0.365. The molecule has 1 unspecified atom stereocenters. The molecule has 2 aromatic rings. The summed E-state index contributed by atoms with van der Waals surface area (Å²) in [6, 6.07) is 8.17. The van der Waals surface area contributed by atoms with Crippen LogP contribution in [0.3, 0.4) is 0 Å². The van der Waals surface area contributed by atoms with Crippen LogP contribution in [-0.4, -0.2) is 27.3 Å². The molecule has 1 atom stereocenters. The van der Waals surface area contributed by atoms with Gasteiger partial charge in [0, 0.05) is 33.5 Å². The Morgan fingerprint density at radius 1 is 0.774 bits per heavy atom. The van der Waals surface area contributed by atoms with E-state index in [-0.39, 0.29) is 11.5 Å². The number of halogens is 3. The average molecular weight is 439 g/mol. The second kappa shape index (κ2) is 12.2. The van der Waals surface area contributed by atoms with Crippen LogP contribution in [0.4, 0.5) is 13.2 Å². The minimum Gasteiger partial charge on any atom is -0.330 e. The van der Waals surface area contributed by atoms with Gasteiger partial charge in [-0.05, 0) is 17.5 Å². The predicted molar refractivity (Wildman–Crippen MR) is 116 cm³/mol. The summed E-state index contributed by atoms with van der Waals surface area (Å²) in [4.78, 5) is 0. The third kappa shape index (κ3) is 6.31. The fourth-order valence-electron chi connectivity index (χ4n) is 4.05. The number of unbranched alkanes of at least 4 members (excludes halogenated alkanes) is 5. The molecule has 0 heterocycles. The van der Waals surface area contributed by atoms with Crippen molar-refractivity contribution in [2.24, 2.45) is 0 Å². The Labute approximate surface area is 183 Å². The highest BCUT2D eigenvalue weighted by molar-refractivity contribution is 5.65. The standard InChI is InChI=1S/C25H33F3O3/c1-5-6-7-8-9-10-11-21(25(29-2,30-3)31-4)18-12-14-19(15-13-18)24-22(27)16-20(26)17-23(24)28/h12-17,21H,5-11H2,1-4H3. The summed E-state index contributed by atoms with van der Waals surface area (Å²) in [6.07, 6.45) is 7.64. The number of benzene rings is 2. The van der Waals surface area contributed by atoms with E-state index in [1.54, 1.807) is 24.3 Å². The Bertz CT molecular complexity index is 773. The number of methoxy groups -OCH3 is 3. The first-order chi connectivity index (χ1) is 14.9. The van der Waals surface area contributed by atoms with Crippen molar-refractivity contribution in [2.75, 3.05) is 21.3 Å². The third-order valence-corrected chi connectivity index (χ3v) is 5.74. The van der Waals surface area contributed by atoms with Gasteiger partial charge in [0.2, 0.25) is 0 Å². The summed E-state index contributed by atoms with van der Waals surface area (Å²) in [7, 11) is 4.58. The van der Waals surface area contributed by atoms with Crippen LogP contribution in [0.2, 0.25) is 0 Å². The molecule has 0 N–H and O–H groups in total. The zero-order valence-corrected chi connectivity index (χ0v) is 18.8. The molecule has 0 aromatic heterocycles. The lowest BCUT2D eigenvalue weighted by Gasteiger charge is -2.36. The Kier molecular flexibility index (Phi) is 10.0. The number of hydrogen-bond acceptors (Lipinski definition) is 3. The van der Waals surface area contributed by atoms with E-state index in [1.807, 2.05) is 0 Å². The van der Waals surface area contributed by atoms with Gasteiger partial charge in [0.05, 0.1) is 11.5 Å². The van der Waals surface area contributed by atoms with E-state index in [9.17, 15) is 13.2 Å². The van der Waals surface area contributed by atoms with Crippen molar-refractivity contribution in [1.29, 1.82) is 0 Å². The number of rotatable bonds is 13. The molecule has 0 amide bonds. The van der Waals surface area contributed by atoms with Gasteiger partial charge in [-0.3, -0.25) is 0 Å². The van der Waals surface area contributed by atoms with Gasteiger partial charge in [0.15, 0.2) is 0 Å². The maximum atomic E-state index is 14.2. The van der Waals surface area contributed by atoms with Gasteiger partial charge in [0.1, 0.15) is 17.5 Å². The summed E-state index contributed by atoms with van der Waals surface area (Å²) < 4.78 is 58.4. The van der Waals surface area contributed by atoms with Gasteiger partial charge in [-0.15, -0.1) is 0 Å². The highest BCUT2D eigenvalue weighted by Gasteiger charge is 2.40. The highest BCUT2D eigenvalue weighted by Crippen LogP contribution is 2.38. The second-order valence-electron chi connectivity index (χ2n) is 7.69. The summed E-state index contributed by atoms with van der Waals surface area (Å²) in [5.41, 5.74) is 0.942. The first-order valence-electron chi connectivity index (χ1n) is 10.8. The smallest absolute Gasteiger partial charge is 0.289 e. The third-order valence-electron chi connectivity index (χ3n) is 5.74. The quantitative estimate of drug-likeness (QED) is 0.244. The van der Waals surface area contributed by atoms with Crippen LogP contribution < -0.4 is 0 Å². The van der Waals surface area contributed by atoms with Crippen molar-refractivity contribution in [1.82, 2.24) is 0 Å². The molecule has 6 heteroatoms. The van der Waals surface area contributed by atoms with E-state index >= 15 is 0 Å². The minimum absolute atomic E-state index is 0.240. The molecule has 0 saturated carbocycles. The van der Waals surface area contributed by atoms with Gasteiger partial charge in [0.25, 0.3) is 5.97 Å². The topological polar surface area (TPSA) is 27.7 Å². The number of ether oxygens (including phenoxy) is 3. The van der Waals surface area contributed by atoms with Crippen molar-refractivity contribution >= 4 is 0 Å². The summed E-state index contributed by atoms with van der Waals surface area (Å²) in [5.74, 6) is -4.32. The lowest BCUT2D eigenvalue weighted by Crippen LogP contribution is -2.42. The van der Waals surface area contributed by atoms with Crippen molar-refractivity contribution in [3.63, 3.8) is 0 Å². The molecule has 2 aromatic carbocycles. The zero-order valence-electron chi connectivity index (χ0n) is 18.8. The maximum absolute atomic E-state index is 14.2. The van der Waals surface area contributed by atoms with Crippen LogP contribution in [0, 0.1) is 17.5 Å². The minimum atomic E-state index is -1.27. The molecule has 0 aliphatic rings. The van der Waals surface area contributed by atoms with Crippen LogP contribution in [0.15, 0.2) is 36.4 Å². The first-order valence-corrected chi connectivity index (χ1v) is 10.8. The lowest BCUT2D eigenvalue weighted by atomic mass is 9.89. The van der Waals surface area contributed by atoms with Crippen LogP contribution in [0.25, 0.3) is 11.1 Å². The van der Waals surface area contributed by atoms with E-state index in [0.29, 0.717) is 17.7 Å². The van der Waals surface area contributed by atoms with E-state index in [2.05, 4.69) is 6.92 Å². The molecular weight excluding hydrogens is 405 g/mol. The van der Waals surface area contributed by atoms with Crippen LogP contribution >= 0.6 is 0 Å². The SMILES string of the molecule is CCCCCCCCC(c1ccc(-c2c(F)cc(F)cc2F)cc1)C(OC)(OC)OC. The van der Waals surface area contributed by atoms with E-state index in [0.717, 1.165) is 24.8 Å². The fraction of sp³-hybridized carbons (Fsp3) is 0.520. The monoisotopic (exact) mass is 438 g/mol. The van der Waals surface area contributed by atoms with Crippen LogP contribution in [0.1, 0.15) is 63.4 Å². The van der Waals surface area contributed by atoms with Crippen LogP contribution in [-0.2, 0) is 14.2 Å². The Morgan fingerprint density at radius 2 is 1.29 bits per heavy atom. The van der Waals surface area contributed by atoms with E-state index in [1.165, 1.54) is 47.0 Å². The van der Waals surface area contributed by atoms with Gasteiger partial charge in [-0.1, -0.05) is 69.7 Å². The predicted octanol–water partition coefficient (Wildman–Crippen LogP) is 7.20. The molecule has 0 radical (unpaired) electrons. The largest absolute Gasteiger partial charge is 0.330 e. The Hall–Kier alpha value is -1.89. The van der Waals surface area contributed by atoms with Crippen LogP contribution in [0.5, 0.6) is 0 Å². The van der Waals surface area contributed by atoms with Crippen molar-refractivity contribution < 1.29 is 27.4 Å². The normalized spacial score (nSPS) is 12.9. The van der Waals surface area contributed by atoms with Crippen molar-refractivity contribution in [3.05, 3.63) is 59.4 Å². The van der Waals surface area contributed by atoms with Gasteiger partial charge < -0.3 is 14.2 Å². The van der Waals surface area contributed by atoms with Crippen molar-refractivity contribution in [2.45, 2.75) is 63.8 Å². The van der Waals surface area contributed by atoms with Gasteiger partial charge in [-0.2, -0.15) is 0 Å². The molecule has 0 saturated heterocycles. The molecule has 172 valence electrons. The average Bonchev–Trinajstić information content (AvgIpc) is 2.76. The highest BCUT2D eigenvalue weighted by atomic mass is 19.1. The Morgan fingerprint density at radius 3 is 1.81 bits per heavy atom. The molecule has 2 rings (SSSR count). The molecule has 0 aliphatic heterocycles. The van der Waals surface area contributed by atoms with Gasteiger partial charge >= 0.3 is 0 Å². The summed E-state index contributed by atoms with van der Waals surface area (Å²) in [5, 5.41) is 0. The zero-order chi connectivity index (χ0) is 22.9. The molecule has 31 heavy (non-hydrogen) atoms. The summed E-state index contributed by atoms with van der Waals surface area (Å²) >= 11 is 0. The second-order valence-corrected chi connectivity index (χ2v) is 7.69. The van der Waals surface area contributed by atoms with Gasteiger partial charge in [-0.25, -0.2) is 13.2 Å². The first kappa shape index (κ1) is 25.4. The molecule has 0 bridgehead atoms.